The number of ether oxygens (including phenoxy) is 1. The predicted octanol–water partition coefficient (Wildman–Crippen LogP) is 2.51. The largest absolute Gasteiger partial charge is 0.377 e. The number of unbranched alkanes of at least 4 members (excludes halogenated alkanes) is 3. The van der Waals surface area contributed by atoms with Crippen LogP contribution in [0.4, 0.5) is 0 Å². The van der Waals surface area contributed by atoms with Crippen LogP contribution in [-0.2, 0) is 4.74 Å². The molecule has 0 aromatic rings. The molecular weight excluding hydrogens is 329 g/mol. The maximum atomic E-state index is 5.69. The number of nitrogens with zero attached hydrogens (tertiary/aromatic N) is 1. The second kappa shape index (κ2) is 14.0. The van der Waals surface area contributed by atoms with E-state index in [0.29, 0.717) is 12.6 Å². The Morgan fingerprint density at radius 1 is 1.29 bits per heavy atom. The number of nitrogens with one attached hydrogen (secondary N) is 1. The Labute approximate surface area is 123 Å². The molecule has 0 radical (unpaired) electrons. The minimum atomic E-state index is 0. The first-order valence-electron chi connectivity index (χ1n) is 6.32. The third-order valence-electron chi connectivity index (χ3n) is 2.15. The molecule has 0 atom stereocenters. The fraction of sp³-hybridized carbons (Fsp3) is 0.917. The van der Waals surface area contributed by atoms with E-state index < -0.39 is 0 Å². The van der Waals surface area contributed by atoms with Crippen molar-refractivity contribution >= 4 is 29.9 Å². The second-order valence-corrected chi connectivity index (χ2v) is 4.17. The van der Waals surface area contributed by atoms with Crippen molar-refractivity contribution in [3.63, 3.8) is 0 Å². The Hall–Kier alpha value is -0.0400. The number of hydrogen-bond donors (Lipinski definition) is 2. The molecule has 0 heterocycles. The number of aliphatic imine (C=N–C) groups is 1. The maximum absolute atomic E-state index is 5.69. The van der Waals surface area contributed by atoms with Gasteiger partial charge in [-0.3, -0.25) is 4.99 Å². The molecule has 104 valence electrons. The van der Waals surface area contributed by atoms with E-state index in [4.69, 9.17) is 10.5 Å². The van der Waals surface area contributed by atoms with Gasteiger partial charge < -0.3 is 15.8 Å². The first kappa shape index (κ1) is 19.3. The molecule has 0 aliphatic carbocycles. The Kier molecular flexibility index (Phi) is 15.9. The second-order valence-electron chi connectivity index (χ2n) is 4.17. The van der Waals surface area contributed by atoms with Gasteiger partial charge in [0, 0.05) is 13.1 Å². The highest BCUT2D eigenvalue weighted by Crippen LogP contribution is 1.98. The molecule has 0 aromatic carbocycles. The van der Waals surface area contributed by atoms with Crippen molar-refractivity contribution in [2.45, 2.75) is 52.6 Å². The van der Waals surface area contributed by atoms with Crippen LogP contribution in [0.25, 0.3) is 0 Å². The summed E-state index contributed by atoms with van der Waals surface area (Å²) in [5, 5.41) is 3.03. The first-order valence-corrected chi connectivity index (χ1v) is 6.32. The summed E-state index contributed by atoms with van der Waals surface area (Å²) < 4.78 is 5.38. The standard InChI is InChI=1S/C12H27N3O.HI/c1-4-5-6-7-8-14-12(13)15-9-10-16-11(2)3;/h11H,4-10H2,1-3H3,(H3,13,14,15);1H. The number of nitrogens with two attached hydrogens (primary N) is 1. The van der Waals surface area contributed by atoms with E-state index in [-0.39, 0.29) is 30.1 Å². The van der Waals surface area contributed by atoms with Gasteiger partial charge in [0.2, 0.25) is 0 Å². The molecule has 0 saturated carbocycles. The predicted molar refractivity (Wildman–Crippen MR) is 85.1 cm³/mol. The topological polar surface area (TPSA) is 59.6 Å². The molecule has 0 bridgehead atoms. The fourth-order valence-electron chi connectivity index (χ4n) is 1.27. The van der Waals surface area contributed by atoms with E-state index in [1.54, 1.807) is 0 Å². The van der Waals surface area contributed by atoms with Gasteiger partial charge in [0.05, 0.1) is 12.7 Å². The van der Waals surface area contributed by atoms with Crippen LogP contribution in [-0.4, -0.2) is 31.8 Å². The molecular formula is C12H28IN3O. The van der Waals surface area contributed by atoms with Crippen molar-refractivity contribution in [3.05, 3.63) is 0 Å². The van der Waals surface area contributed by atoms with Crippen molar-refractivity contribution in [1.29, 1.82) is 0 Å². The highest BCUT2D eigenvalue weighted by Gasteiger charge is 1.94. The Morgan fingerprint density at radius 2 is 2.00 bits per heavy atom. The van der Waals surface area contributed by atoms with Crippen molar-refractivity contribution in [3.8, 4) is 0 Å². The summed E-state index contributed by atoms with van der Waals surface area (Å²) >= 11 is 0. The quantitative estimate of drug-likeness (QED) is 0.289. The summed E-state index contributed by atoms with van der Waals surface area (Å²) in [6.45, 7) is 8.46. The molecule has 0 aliphatic heterocycles. The minimum absolute atomic E-state index is 0. The third-order valence-corrected chi connectivity index (χ3v) is 2.15. The average molecular weight is 357 g/mol. The lowest BCUT2D eigenvalue weighted by atomic mass is 10.2. The smallest absolute Gasteiger partial charge is 0.188 e. The number of guanidine groups is 1. The van der Waals surface area contributed by atoms with E-state index in [1.165, 1.54) is 19.3 Å². The molecule has 0 spiro atoms. The number of rotatable bonds is 9. The van der Waals surface area contributed by atoms with Gasteiger partial charge in [0.1, 0.15) is 0 Å². The lowest BCUT2D eigenvalue weighted by Crippen LogP contribution is -2.34. The summed E-state index contributed by atoms with van der Waals surface area (Å²) in [6.07, 6.45) is 5.17. The van der Waals surface area contributed by atoms with Crippen LogP contribution in [0, 0.1) is 0 Å². The lowest BCUT2D eigenvalue weighted by Gasteiger charge is -2.08. The summed E-state index contributed by atoms with van der Waals surface area (Å²) in [5.74, 6) is 0.531. The van der Waals surface area contributed by atoms with Gasteiger partial charge in [-0.05, 0) is 20.3 Å². The molecule has 0 aromatic heterocycles. The summed E-state index contributed by atoms with van der Waals surface area (Å²) in [5.41, 5.74) is 5.69. The Morgan fingerprint density at radius 3 is 2.59 bits per heavy atom. The summed E-state index contributed by atoms with van der Waals surface area (Å²) in [4.78, 5) is 4.24. The first-order chi connectivity index (χ1) is 7.66. The van der Waals surface area contributed by atoms with Gasteiger partial charge in [0.25, 0.3) is 0 Å². The van der Waals surface area contributed by atoms with Crippen LogP contribution in [0.3, 0.4) is 0 Å². The van der Waals surface area contributed by atoms with E-state index in [0.717, 1.165) is 19.5 Å². The lowest BCUT2D eigenvalue weighted by molar-refractivity contribution is 0.0830. The van der Waals surface area contributed by atoms with E-state index >= 15 is 0 Å². The van der Waals surface area contributed by atoms with Crippen LogP contribution in [0.5, 0.6) is 0 Å². The highest BCUT2D eigenvalue weighted by molar-refractivity contribution is 14.0. The molecule has 0 aliphatic rings. The van der Waals surface area contributed by atoms with Crippen molar-refractivity contribution < 1.29 is 4.74 Å². The van der Waals surface area contributed by atoms with Gasteiger partial charge in [-0.25, -0.2) is 0 Å². The molecule has 5 heteroatoms. The van der Waals surface area contributed by atoms with Gasteiger partial charge >= 0.3 is 0 Å². The number of halogens is 1. The maximum Gasteiger partial charge on any atom is 0.188 e. The van der Waals surface area contributed by atoms with Crippen LogP contribution in [0.15, 0.2) is 4.99 Å². The monoisotopic (exact) mass is 357 g/mol. The van der Waals surface area contributed by atoms with Crippen molar-refractivity contribution in [2.75, 3.05) is 19.7 Å². The van der Waals surface area contributed by atoms with Crippen molar-refractivity contribution in [1.82, 2.24) is 5.32 Å². The van der Waals surface area contributed by atoms with Crippen LogP contribution < -0.4 is 11.1 Å². The highest BCUT2D eigenvalue weighted by atomic mass is 127. The zero-order valence-corrected chi connectivity index (χ0v) is 13.7. The number of hydrogen-bond acceptors (Lipinski definition) is 2. The van der Waals surface area contributed by atoms with E-state index in [2.05, 4.69) is 17.2 Å². The molecule has 0 fully saturated rings. The normalized spacial score (nSPS) is 11.4. The average Bonchev–Trinajstić information content (AvgIpc) is 2.24. The molecule has 0 unspecified atom stereocenters. The van der Waals surface area contributed by atoms with Gasteiger partial charge in [-0.2, -0.15) is 0 Å². The molecule has 0 rings (SSSR count). The van der Waals surface area contributed by atoms with E-state index in [1.807, 2.05) is 13.8 Å². The summed E-state index contributed by atoms with van der Waals surface area (Å²) in [7, 11) is 0. The van der Waals surface area contributed by atoms with Crippen LogP contribution in [0.2, 0.25) is 0 Å². The SMILES string of the molecule is CCCCCCN=C(N)NCCOC(C)C.I. The van der Waals surface area contributed by atoms with Gasteiger partial charge in [-0.1, -0.05) is 26.2 Å². The van der Waals surface area contributed by atoms with Crippen molar-refractivity contribution in [2.24, 2.45) is 10.7 Å². The zero-order valence-electron chi connectivity index (χ0n) is 11.4. The van der Waals surface area contributed by atoms with Crippen LogP contribution in [0.1, 0.15) is 46.5 Å². The van der Waals surface area contributed by atoms with Gasteiger partial charge in [0.15, 0.2) is 5.96 Å². The Balaban J connectivity index is 0. The zero-order chi connectivity index (χ0) is 12.2. The van der Waals surface area contributed by atoms with E-state index in [9.17, 15) is 0 Å². The third kappa shape index (κ3) is 16.0. The Bertz CT molecular complexity index is 187. The van der Waals surface area contributed by atoms with Gasteiger partial charge in [-0.15, -0.1) is 24.0 Å². The molecule has 0 amide bonds. The molecule has 4 nitrogen and oxygen atoms in total. The van der Waals surface area contributed by atoms with Crippen LogP contribution >= 0.6 is 24.0 Å². The molecule has 0 saturated heterocycles. The molecule has 3 N–H and O–H groups in total. The minimum Gasteiger partial charge on any atom is -0.377 e. The molecule has 17 heavy (non-hydrogen) atoms. The summed E-state index contributed by atoms with van der Waals surface area (Å²) in [6, 6.07) is 0. The fourth-order valence-corrected chi connectivity index (χ4v) is 1.27.